The number of nitrogens with one attached hydrogen (secondary N) is 2. The van der Waals surface area contributed by atoms with Gasteiger partial charge >= 0.3 is 0 Å². The van der Waals surface area contributed by atoms with E-state index in [0.29, 0.717) is 34.1 Å². The van der Waals surface area contributed by atoms with Gasteiger partial charge < -0.3 is 10.7 Å². The summed E-state index contributed by atoms with van der Waals surface area (Å²) >= 11 is 0. The summed E-state index contributed by atoms with van der Waals surface area (Å²) in [6.45, 7) is 4.49. The van der Waals surface area contributed by atoms with E-state index in [-0.39, 0.29) is 23.8 Å². The Bertz CT molecular complexity index is 1090. The van der Waals surface area contributed by atoms with E-state index in [4.69, 9.17) is 0 Å². The van der Waals surface area contributed by atoms with Crippen molar-refractivity contribution in [1.29, 1.82) is 0 Å². The lowest BCUT2D eigenvalue weighted by atomic mass is 10.1. The van der Waals surface area contributed by atoms with Gasteiger partial charge in [0.2, 0.25) is 0 Å². The Morgan fingerprint density at radius 2 is 1.97 bits per heavy atom. The normalized spacial score (nSPS) is 12.1. The molecule has 0 aliphatic heterocycles. The minimum absolute atomic E-state index is 0.180. The van der Waals surface area contributed by atoms with E-state index in [1.54, 1.807) is 25.1 Å². The summed E-state index contributed by atoms with van der Waals surface area (Å²) in [6.07, 6.45) is 8.38. The number of pyridine rings is 2. The maximum absolute atomic E-state index is 13.3. The van der Waals surface area contributed by atoms with Gasteiger partial charge in [-0.05, 0) is 37.1 Å². The number of hydrogen-bond donors (Lipinski definition) is 2. The van der Waals surface area contributed by atoms with E-state index in [2.05, 4.69) is 15.7 Å². The van der Waals surface area contributed by atoms with Crippen LogP contribution < -0.4 is 16.3 Å². The van der Waals surface area contributed by atoms with Crippen LogP contribution in [0.25, 0.3) is 10.8 Å². The fraction of sp³-hybridized carbons (Fsp3) is 0.348. The molecule has 0 atom stereocenters. The van der Waals surface area contributed by atoms with Crippen LogP contribution in [0.5, 0.6) is 0 Å². The number of carbonyl (C=O) groups excluding carboxylic acids is 1. The van der Waals surface area contributed by atoms with Crippen molar-refractivity contribution in [3.8, 4) is 0 Å². The van der Waals surface area contributed by atoms with Gasteiger partial charge in [-0.3, -0.25) is 14.6 Å². The molecule has 3 aromatic rings. The van der Waals surface area contributed by atoms with Crippen LogP contribution in [0.4, 0.5) is 4.39 Å². The Balaban J connectivity index is 0.000000782. The Morgan fingerprint density at radius 1 is 1.20 bits per heavy atom. The van der Waals surface area contributed by atoms with Gasteiger partial charge in [0.15, 0.2) is 0 Å². The Hall–Kier alpha value is -3.22. The van der Waals surface area contributed by atoms with Crippen molar-refractivity contribution < 1.29 is 9.18 Å². The van der Waals surface area contributed by atoms with Crippen molar-refractivity contribution >= 4 is 16.7 Å². The number of aromatic nitrogens is 2. The third-order valence-corrected chi connectivity index (χ3v) is 4.66. The van der Waals surface area contributed by atoms with Crippen LogP contribution in [0.1, 0.15) is 54.2 Å². The summed E-state index contributed by atoms with van der Waals surface area (Å²) in [7, 11) is 0. The van der Waals surface area contributed by atoms with E-state index >= 15 is 0 Å². The second-order valence-electron chi connectivity index (χ2n) is 7.30. The molecule has 2 N–H and O–H groups in total. The van der Waals surface area contributed by atoms with E-state index in [1.807, 2.05) is 6.92 Å². The van der Waals surface area contributed by atoms with Crippen molar-refractivity contribution in [2.75, 3.05) is 12.0 Å². The van der Waals surface area contributed by atoms with Crippen LogP contribution in [-0.4, -0.2) is 22.1 Å². The smallest absolute Gasteiger partial charge is 0.277 e. The second kappa shape index (κ2) is 10.0. The monoisotopic (exact) mass is 410 g/mol. The van der Waals surface area contributed by atoms with E-state index < -0.39 is 0 Å². The van der Waals surface area contributed by atoms with E-state index in [0.717, 1.165) is 6.42 Å². The van der Waals surface area contributed by atoms with Gasteiger partial charge in [0.05, 0.1) is 16.6 Å². The van der Waals surface area contributed by atoms with E-state index in [9.17, 15) is 14.0 Å². The summed E-state index contributed by atoms with van der Waals surface area (Å²) in [5, 5.41) is 3.71. The van der Waals surface area contributed by atoms with Gasteiger partial charge in [-0.25, -0.2) is 9.07 Å². The van der Waals surface area contributed by atoms with Gasteiger partial charge in [-0.15, -0.1) is 0 Å². The molecular weight excluding hydrogens is 383 g/mol. The second-order valence-corrected chi connectivity index (χ2v) is 7.30. The molecule has 0 saturated heterocycles. The fourth-order valence-electron chi connectivity index (χ4n) is 2.98. The molecule has 2 aromatic heterocycles. The summed E-state index contributed by atoms with van der Waals surface area (Å²) in [4.78, 5) is 29.7. The number of hydrogen-bond acceptors (Lipinski definition) is 4. The standard InChI is InChI=1S/C20H21FN4O2.C3H6/c1-3-8-24-25-13(2)18(17-12-22-9-7-16(17)20(25)27)19(26)23-11-14-5-4-6-15(21)10-14;1-2-3-1/h4-7,9-10,12,24H,3,8,11H2,1-2H3,(H,23,26);1-3H2. The van der Waals surface area contributed by atoms with Crippen molar-refractivity contribution in [2.45, 2.75) is 46.1 Å². The van der Waals surface area contributed by atoms with Gasteiger partial charge in [0.1, 0.15) is 5.82 Å². The summed E-state index contributed by atoms with van der Waals surface area (Å²) in [6, 6.07) is 7.65. The predicted octanol–water partition coefficient (Wildman–Crippen LogP) is 3.90. The van der Waals surface area contributed by atoms with Gasteiger partial charge in [0.25, 0.3) is 11.5 Å². The highest BCUT2D eigenvalue weighted by atomic mass is 19.1. The van der Waals surface area contributed by atoms with Crippen LogP contribution in [0, 0.1) is 12.7 Å². The SMILES string of the molecule is C1CC1.CCCNn1c(C)c(C(=O)NCc2cccc(F)c2)c2cnccc2c1=O. The van der Waals surface area contributed by atoms with Crippen LogP contribution in [-0.2, 0) is 6.54 Å². The molecule has 0 bridgehead atoms. The first kappa shape index (κ1) is 21.5. The number of rotatable bonds is 6. The Kier molecular flexibility index (Phi) is 7.17. The molecule has 1 aliphatic carbocycles. The molecule has 0 radical (unpaired) electrons. The quantitative estimate of drug-likeness (QED) is 0.646. The highest BCUT2D eigenvalue weighted by Crippen LogP contribution is 2.18. The van der Waals surface area contributed by atoms with Gasteiger partial charge in [-0.1, -0.05) is 38.3 Å². The minimum atomic E-state index is -0.357. The summed E-state index contributed by atoms with van der Waals surface area (Å²) < 4.78 is 14.7. The third-order valence-electron chi connectivity index (χ3n) is 4.66. The minimum Gasteiger partial charge on any atom is -0.348 e. The number of carbonyl (C=O) groups is 1. The lowest BCUT2D eigenvalue weighted by Gasteiger charge is -2.18. The van der Waals surface area contributed by atoms with Crippen molar-refractivity contribution in [2.24, 2.45) is 0 Å². The maximum Gasteiger partial charge on any atom is 0.277 e. The summed E-state index contributed by atoms with van der Waals surface area (Å²) in [5.74, 6) is -0.702. The molecule has 1 amide bonds. The predicted molar refractivity (Wildman–Crippen MR) is 117 cm³/mol. The molecule has 1 fully saturated rings. The number of halogens is 1. The zero-order chi connectivity index (χ0) is 21.5. The van der Waals surface area contributed by atoms with Crippen LogP contribution in [0.3, 0.4) is 0 Å². The Morgan fingerprint density at radius 3 is 2.63 bits per heavy atom. The molecule has 158 valence electrons. The van der Waals surface area contributed by atoms with Crippen LogP contribution in [0.15, 0.2) is 47.5 Å². The van der Waals surface area contributed by atoms with Crippen molar-refractivity contribution in [3.63, 3.8) is 0 Å². The Labute approximate surface area is 175 Å². The molecule has 1 saturated carbocycles. The fourth-order valence-corrected chi connectivity index (χ4v) is 2.98. The zero-order valence-electron chi connectivity index (χ0n) is 17.4. The first-order valence-corrected chi connectivity index (χ1v) is 10.3. The summed E-state index contributed by atoms with van der Waals surface area (Å²) in [5.41, 5.74) is 4.36. The van der Waals surface area contributed by atoms with E-state index in [1.165, 1.54) is 48.5 Å². The molecule has 1 aliphatic rings. The number of nitrogens with zero attached hydrogens (tertiary/aromatic N) is 2. The number of fused-ring (bicyclic) bond motifs is 1. The molecule has 2 heterocycles. The highest BCUT2D eigenvalue weighted by molar-refractivity contribution is 6.07. The van der Waals surface area contributed by atoms with Crippen LogP contribution >= 0.6 is 0 Å². The molecule has 0 spiro atoms. The van der Waals surface area contributed by atoms with Crippen LogP contribution in [0.2, 0.25) is 0 Å². The lowest BCUT2D eigenvalue weighted by molar-refractivity contribution is 0.0951. The zero-order valence-corrected chi connectivity index (χ0v) is 17.4. The largest absolute Gasteiger partial charge is 0.348 e. The van der Waals surface area contributed by atoms with Crippen molar-refractivity contribution in [1.82, 2.24) is 15.0 Å². The topological polar surface area (TPSA) is 76.0 Å². The molecule has 6 nitrogen and oxygen atoms in total. The highest BCUT2D eigenvalue weighted by Gasteiger charge is 2.19. The molecule has 1 aromatic carbocycles. The maximum atomic E-state index is 13.3. The average molecular weight is 410 g/mol. The molecule has 30 heavy (non-hydrogen) atoms. The van der Waals surface area contributed by atoms with Gasteiger partial charge in [-0.2, -0.15) is 0 Å². The molecule has 0 unspecified atom stereocenters. The molecule has 4 rings (SSSR count). The first-order chi connectivity index (χ1) is 14.5. The molecule has 7 heteroatoms. The third kappa shape index (κ3) is 5.23. The first-order valence-electron chi connectivity index (χ1n) is 10.3. The number of amides is 1. The van der Waals surface area contributed by atoms with Gasteiger partial charge in [0, 0.05) is 30.9 Å². The number of benzene rings is 1. The lowest BCUT2D eigenvalue weighted by Crippen LogP contribution is -2.35. The van der Waals surface area contributed by atoms with Crippen molar-refractivity contribution in [3.05, 3.63) is 75.7 Å². The average Bonchev–Trinajstić information content (AvgIpc) is 3.62. The molecular formula is C23H27FN4O2.